The zero-order valence-corrected chi connectivity index (χ0v) is 19.0. The fraction of sp³-hybridized carbons (Fsp3) is 0.952. The molecular weight excluding hydrogens is 378 g/mol. The van der Waals surface area contributed by atoms with Crippen LogP contribution in [0.2, 0.25) is 0 Å². The van der Waals surface area contributed by atoms with Gasteiger partial charge in [0.2, 0.25) is 0 Å². The van der Waals surface area contributed by atoms with Crippen LogP contribution in [0.5, 0.6) is 0 Å². The highest BCUT2D eigenvalue weighted by atomic mass is 79.9. The molecule has 0 aromatic heterocycles. The van der Waals surface area contributed by atoms with Gasteiger partial charge >= 0.3 is 5.97 Å². The van der Waals surface area contributed by atoms with Gasteiger partial charge < -0.3 is 26.2 Å². The van der Waals surface area contributed by atoms with Crippen molar-refractivity contribution in [2.75, 3.05) is 33.3 Å². The molecule has 4 heteroatoms. The first kappa shape index (κ1) is 27.1. The Kier molecular flexibility index (Phi) is 20.3. The van der Waals surface area contributed by atoms with Crippen LogP contribution in [0.4, 0.5) is 0 Å². The van der Waals surface area contributed by atoms with E-state index in [0.717, 1.165) is 11.0 Å². The Balaban J connectivity index is 0. The number of likely N-dealkylation sites (N-methyl/N-ethyl adjacent to an activating group) is 1. The van der Waals surface area contributed by atoms with Gasteiger partial charge in [0.05, 0.1) is 20.1 Å². The van der Waals surface area contributed by atoms with Gasteiger partial charge in [-0.2, -0.15) is 0 Å². The lowest BCUT2D eigenvalue weighted by Crippen LogP contribution is -3.00. The number of ether oxygens (including phenoxy) is 1. The SMILES string of the molecule is CCCCCCCC[N+](C)(CCCCCCCC)CCOC(C)=O.[Br-]. The first-order valence-electron chi connectivity index (χ1n) is 10.5. The molecule has 0 aromatic rings. The molecule has 0 aromatic carbocycles. The van der Waals surface area contributed by atoms with E-state index in [4.69, 9.17) is 4.74 Å². The summed E-state index contributed by atoms with van der Waals surface area (Å²) in [5.74, 6) is -0.152. The lowest BCUT2D eigenvalue weighted by molar-refractivity contribution is -0.910. The van der Waals surface area contributed by atoms with E-state index in [9.17, 15) is 4.79 Å². The Morgan fingerprint density at radius 3 is 1.52 bits per heavy atom. The van der Waals surface area contributed by atoms with Gasteiger partial charge in [-0.25, -0.2) is 0 Å². The average Bonchev–Trinajstić information content (AvgIpc) is 2.54. The van der Waals surface area contributed by atoms with Crippen LogP contribution in [-0.4, -0.2) is 43.7 Å². The maximum Gasteiger partial charge on any atom is 0.302 e. The third-order valence-electron chi connectivity index (χ3n) is 5.04. The Morgan fingerprint density at radius 2 is 1.12 bits per heavy atom. The van der Waals surface area contributed by atoms with E-state index >= 15 is 0 Å². The largest absolute Gasteiger partial charge is 1.00 e. The molecule has 0 unspecified atom stereocenters. The highest BCUT2D eigenvalue weighted by Gasteiger charge is 2.21. The van der Waals surface area contributed by atoms with E-state index in [0.29, 0.717) is 6.61 Å². The third kappa shape index (κ3) is 18.5. The van der Waals surface area contributed by atoms with Crippen molar-refractivity contribution in [1.29, 1.82) is 0 Å². The van der Waals surface area contributed by atoms with E-state index in [-0.39, 0.29) is 23.0 Å². The number of hydrogen-bond acceptors (Lipinski definition) is 2. The standard InChI is InChI=1S/C21H44NO2.BrH/c1-5-7-9-11-13-15-17-22(4,19-20-24-21(3)23)18-16-14-12-10-8-6-2;/h5-20H2,1-4H3;1H/q+1;/p-1. The van der Waals surface area contributed by atoms with Crippen molar-refractivity contribution >= 4 is 5.97 Å². The second kappa shape index (κ2) is 18.7. The van der Waals surface area contributed by atoms with Crippen LogP contribution in [0.3, 0.4) is 0 Å². The minimum atomic E-state index is -0.152. The molecule has 0 rings (SSSR count). The van der Waals surface area contributed by atoms with Gasteiger partial charge in [-0.1, -0.05) is 65.2 Å². The lowest BCUT2D eigenvalue weighted by atomic mass is 10.1. The Morgan fingerprint density at radius 1 is 0.720 bits per heavy atom. The summed E-state index contributed by atoms with van der Waals surface area (Å²) in [7, 11) is 2.35. The van der Waals surface area contributed by atoms with Crippen LogP contribution in [0.1, 0.15) is 97.8 Å². The zero-order valence-electron chi connectivity index (χ0n) is 17.5. The van der Waals surface area contributed by atoms with Crippen molar-refractivity contribution in [3.8, 4) is 0 Å². The van der Waals surface area contributed by atoms with Gasteiger partial charge in [0.15, 0.2) is 0 Å². The lowest BCUT2D eigenvalue weighted by Gasteiger charge is -2.34. The molecule has 0 fully saturated rings. The maximum atomic E-state index is 11.0. The van der Waals surface area contributed by atoms with Gasteiger partial charge in [-0.3, -0.25) is 4.79 Å². The van der Waals surface area contributed by atoms with Gasteiger partial charge in [0.25, 0.3) is 0 Å². The van der Waals surface area contributed by atoms with E-state index in [1.54, 1.807) is 0 Å². The van der Waals surface area contributed by atoms with Crippen LogP contribution in [0.25, 0.3) is 0 Å². The van der Waals surface area contributed by atoms with Crippen molar-refractivity contribution in [1.82, 2.24) is 0 Å². The third-order valence-corrected chi connectivity index (χ3v) is 5.04. The highest BCUT2D eigenvalue weighted by molar-refractivity contribution is 5.65. The molecule has 25 heavy (non-hydrogen) atoms. The molecule has 0 atom stereocenters. The normalized spacial score (nSPS) is 11.2. The van der Waals surface area contributed by atoms with Crippen LogP contribution < -0.4 is 17.0 Å². The monoisotopic (exact) mass is 421 g/mol. The second-order valence-corrected chi connectivity index (χ2v) is 7.67. The van der Waals surface area contributed by atoms with Crippen LogP contribution >= 0.6 is 0 Å². The molecule has 0 spiro atoms. The fourth-order valence-electron chi connectivity index (χ4n) is 3.29. The molecule has 0 aliphatic heterocycles. The van der Waals surface area contributed by atoms with Gasteiger partial charge in [-0.15, -0.1) is 0 Å². The smallest absolute Gasteiger partial charge is 0.302 e. The number of hydrogen-bond donors (Lipinski definition) is 0. The first-order chi connectivity index (χ1) is 11.5. The first-order valence-corrected chi connectivity index (χ1v) is 10.5. The van der Waals surface area contributed by atoms with Gasteiger partial charge in [-0.05, 0) is 25.7 Å². The number of unbranched alkanes of at least 4 members (excludes halogenated alkanes) is 10. The van der Waals surface area contributed by atoms with Crippen LogP contribution in [-0.2, 0) is 9.53 Å². The molecule has 0 heterocycles. The number of carbonyl (C=O) groups excluding carboxylic acids is 1. The summed E-state index contributed by atoms with van der Waals surface area (Å²) in [6, 6.07) is 0. The van der Waals surface area contributed by atoms with Crippen LogP contribution in [0.15, 0.2) is 0 Å². The molecule has 3 nitrogen and oxygen atoms in total. The quantitative estimate of drug-likeness (QED) is 0.205. The molecule has 0 amide bonds. The molecule has 0 saturated carbocycles. The molecule has 0 saturated heterocycles. The van der Waals surface area contributed by atoms with E-state index < -0.39 is 0 Å². The van der Waals surface area contributed by atoms with E-state index in [1.807, 2.05) is 0 Å². The molecule has 0 bridgehead atoms. The van der Waals surface area contributed by atoms with Crippen LogP contribution in [0, 0.1) is 0 Å². The van der Waals surface area contributed by atoms with Crippen molar-refractivity contribution in [3.05, 3.63) is 0 Å². The summed E-state index contributed by atoms with van der Waals surface area (Å²) in [5, 5.41) is 0. The summed E-state index contributed by atoms with van der Waals surface area (Å²) in [5.41, 5.74) is 0. The number of carbonyl (C=O) groups is 1. The van der Waals surface area contributed by atoms with E-state index in [1.165, 1.54) is 97.1 Å². The minimum Gasteiger partial charge on any atom is -1.00 e. The fourth-order valence-corrected chi connectivity index (χ4v) is 3.29. The molecule has 0 radical (unpaired) electrons. The molecular formula is C21H44BrNO2. The number of halogens is 1. The molecule has 152 valence electrons. The van der Waals surface area contributed by atoms with Crippen molar-refractivity contribution in [3.63, 3.8) is 0 Å². The number of esters is 1. The summed E-state index contributed by atoms with van der Waals surface area (Å²) in [6.07, 6.45) is 16.2. The summed E-state index contributed by atoms with van der Waals surface area (Å²) in [6.45, 7) is 10.0. The average molecular weight is 422 g/mol. The zero-order chi connectivity index (χ0) is 18.1. The second-order valence-electron chi connectivity index (χ2n) is 7.67. The van der Waals surface area contributed by atoms with Crippen molar-refractivity contribution in [2.24, 2.45) is 0 Å². The predicted octanol–water partition coefficient (Wildman–Crippen LogP) is 2.72. The van der Waals surface area contributed by atoms with Crippen molar-refractivity contribution < 1.29 is 31.0 Å². The summed E-state index contributed by atoms with van der Waals surface area (Å²) in [4.78, 5) is 11.0. The Hall–Kier alpha value is -0.0900. The molecule has 0 N–H and O–H groups in total. The van der Waals surface area contributed by atoms with E-state index in [2.05, 4.69) is 20.9 Å². The Bertz CT molecular complexity index is 282. The van der Waals surface area contributed by atoms with Gasteiger partial charge in [0.1, 0.15) is 13.2 Å². The maximum absolute atomic E-state index is 11.0. The summed E-state index contributed by atoms with van der Waals surface area (Å²) >= 11 is 0. The number of nitrogens with zero attached hydrogens (tertiary/aromatic N) is 1. The number of quaternary nitrogens is 1. The topological polar surface area (TPSA) is 26.3 Å². The summed E-state index contributed by atoms with van der Waals surface area (Å²) < 4.78 is 6.27. The number of rotatable bonds is 17. The van der Waals surface area contributed by atoms with Gasteiger partial charge in [0, 0.05) is 6.92 Å². The Labute approximate surface area is 168 Å². The predicted molar refractivity (Wildman–Crippen MR) is 104 cm³/mol. The molecule has 0 aliphatic carbocycles. The van der Waals surface area contributed by atoms with Crippen molar-refractivity contribution in [2.45, 2.75) is 97.8 Å². The molecule has 0 aliphatic rings. The minimum absolute atomic E-state index is 0. The highest BCUT2D eigenvalue weighted by Crippen LogP contribution is 2.13.